The zero-order valence-corrected chi connectivity index (χ0v) is 13.8. The summed E-state index contributed by atoms with van der Waals surface area (Å²) in [4.78, 5) is 19.7. The maximum absolute atomic E-state index is 13.6. The molecular weight excluding hydrogens is 325 g/mol. The first-order valence-electron chi connectivity index (χ1n) is 7.46. The molecule has 122 valence electrons. The van der Waals surface area contributed by atoms with Crippen LogP contribution in [0.2, 0.25) is 0 Å². The molecule has 3 rings (SSSR count). The number of hydrogen-bond donors (Lipinski definition) is 2. The molecule has 0 spiro atoms. The molecule has 6 heteroatoms. The van der Waals surface area contributed by atoms with Crippen LogP contribution < -0.4 is 5.32 Å². The molecule has 1 aromatic heterocycles. The van der Waals surface area contributed by atoms with Gasteiger partial charge in [0.05, 0.1) is 22.8 Å². The Hall–Kier alpha value is -2.60. The van der Waals surface area contributed by atoms with Crippen molar-refractivity contribution in [2.24, 2.45) is 0 Å². The second kappa shape index (κ2) is 7.31. The smallest absolute Gasteiger partial charge is 0.237 e. The van der Waals surface area contributed by atoms with Crippen molar-refractivity contribution in [1.82, 2.24) is 9.97 Å². The van der Waals surface area contributed by atoms with Crippen molar-refractivity contribution in [1.29, 1.82) is 0 Å². The van der Waals surface area contributed by atoms with E-state index in [-0.39, 0.29) is 11.6 Å². The predicted molar refractivity (Wildman–Crippen MR) is 94.4 cm³/mol. The van der Waals surface area contributed by atoms with Gasteiger partial charge in [-0.1, -0.05) is 54.2 Å². The molecule has 4 nitrogen and oxygen atoms in total. The van der Waals surface area contributed by atoms with Crippen molar-refractivity contribution in [2.45, 2.75) is 17.3 Å². The van der Waals surface area contributed by atoms with E-state index in [0.717, 1.165) is 11.3 Å². The molecule has 2 aromatic carbocycles. The molecule has 0 aliphatic rings. The van der Waals surface area contributed by atoms with Crippen LogP contribution in [0.4, 0.5) is 10.1 Å². The van der Waals surface area contributed by atoms with E-state index in [1.165, 1.54) is 23.9 Å². The fourth-order valence-corrected chi connectivity index (χ4v) is 2.93. The van der Waals surface area contributed by atoms with Crippen LogP contribution in [0.5, 0.6) is 0 Å². The summed E-state index contributed by atoms with van der Waals surface area (Å²) in [6, 6.07) is 15.9. The third kappa shape index (κ3) is 3.83. The third-order valence-corrected chi connectivity index (χ3v) is 4.43. The van der Waals surface area contributed by atoms with Crippen LogP contribution in [0.1, 0.15) is 6.92 Å². The Morgan fingerprint density at radius 1 is 1.17 bits per heavy atom. The highest BCUT2D eigenvalue weighted by molar-refractivity contribution is 8.00. The molecule has 1 heterocycles. The van der Waals surface area contributed by atoms with E-state index in [0.29, 0.717) is 5.16 Å². The molecule has 1 atom stereocenters. The van der Waals surface area contributed by atoms with Gasteiger partial charge >= 0.3 is 0 Å². The molecule has 2 N–H and O–H groups in total. The Morgan fingerprint density at radius 3 is 2.62 bits per heavy atom. The molecule has 0 aliphatic carbocycles. The summed E-state index contributed by atoms with van der Waals surface area (Å²) in [5.74, 6) is -0.727. The third-order valence-electron chi connectivity index (χ3n) is 3.43. The second-order valence-electron chi connectivity index (χ2n) is 5.20. The summed E-state index contributed by atoms with van der Waals surface area (Å²) < 4.78 is 13.6. The highest BCUT2D eigenvalue weighted by atomic mass is 32.2. The molecule has 0 aliphatic heterocycles. The minimum atomic E-state index is -0.451. The van der Waals surface area contributed by atoms with E-state index in [1.807, 2.05) is 30.3 Å². The number of rotatable bonds is 5. The highest BCUT2D eigenvalue weighted by Gasteiger charge is 2.17. The zero-order valence-electron chi connectivity index (χ0n) is 13.0. The van der Waals surface area contributed by atoms with Gasteiger partial charge in [0.15, 0.2) is 5.16 Å². The summed E-state index contributed by atoms with van der Waals surface area (Å²) in [5, 5.41) is 2.82. The summed E-state index contributed by atoms with van der Waals surface area (Å²) in [6.07, 6.45) is 1.74. The first kappa shape index (κ1) is 16.3. The molecule has 0 saturated carbocycles. The molecule has 0 saturated heterocycles. The quantitative estimate of drug-likeness (QED) is 0.679. The number of thioether (sulfide) groups is 1. The van der Waals surface area contributed by atoms with Crippen LogP contribution in [-0.2, 0) is 4.79 Å². The van der Waals surface area contributed by atoms with E-state index < -0.39 is 11.1 Å². The Kier molecular flexibility index (Phi) is 4.96. The lowest BCUT2D eigenvalue weighted by molar-refractivity contribution is -0.115. The normalized spacial score (nSPS) is 11.9. The number of aromatic amines is 1. The van der Waals surface area contributed by atoms with Crippen LogP contribution in [0.25, 0.3) is 11.3 Å². The molecule has 0 radical (unpaired) electrons. The summed E-state index contributed by atoms with van der Waals surface area (Å²) in [7, 11) is 0. The van der Waals surface area contributed by atoms with E-state index >= 15 is 0 Å². The number of para-hydroxylation sites is 1. The van der Waals surface area contributed by atoms with Crippen molar-refractivity contribution < 1.29 is 9.18 Å². The van der Waals surface area contributed by atoms with Crippen molar-refractivity contribution >= 4 is 23.4 Å². The number of hydrogen-bond acceptors (Lipinski definition) is 3. The van der Waals surface area contributed by atoms with Crippen LogP contribution in [0.15, 0.2) is 66.0 Å². The number of carbonyl (C=O) groups is 1. The number of H-pyrrole nitrogens is 1. The second-order valence-corrected chi connectivity index (χ2v) is 6.53. The van der Waals surface area contributed by atoms with Gasteiger partial charge in [0.25, 0.3) is 0 Å². The van der Waals surface area contributed by atoms with Gasteiger partial charge in [-0.05, 0) is 24.6 Å². The molecule has 3 aromatic rings. The number of aromatic nitrogens is 2. The Labute approximate surface area is 143 Å². The summed E-state index contributed by atoms with van der Waals surface area (Å²) >= 11 is 1.29. The van der Waals surface area contributed by atoms with E-state index in [1.54, 1.807) is 25.3 Å². The monoisotopic (exact) mass is 341 g/mol. The lowest BCUT2D eigenvalue weighted by atomic mass is 10.2. The summed E-state index contributed by atoms with van der Waals surface area (Å²) in [6.45, 7) is 1.76. The maximum Gasteiger partial charge on any atom is 0.237 e. The van der Waals surface area contributed by atoms with Crippen LogP contribution in [0.3, 0.4) is 0 Å². The minimum absolute atomic E-state index is 0.180. The first-order valence-corrected chi connectivity index (χ1v) is 8.34. The van der Waals surface area contributed by atoms with Crippen molar-refractivity contribution in [3.8, 4) is 11.3 Å². The average Bonchev–Trinajstić information content (AvgIpc) is 3.06. The maximum atomic E-state index is 13.6. The first-order chi connectivity index (χ1) is 11.6. The lowest BCUT2D eigenvalue weighted by Gasteiger charge is -2.11. The van der Waals surface area contributed by atoms with Crippen LogP contribution in [-0.4, -0.2) is 21.1 Å². The van der Waals surface area contributed by atoms with Gasteiger partial charge in [-0.15, -0.1) is 0 Å². The molecule has 24 heavy (non-hydrogen) atoms. The van der Waals surface area contributed by atoms with Crippen molar-refractivity contribution in [3.05, 3.63) is 66.6 Å². The van der Waals surface area contributed by atoms with Gasteiger partial charge in [-0.3, -0.25) is 4.79 Å². The minimum Gasteiger partial charge on any atom is -0.333 e. The molecule has 0 bridgehead atoms. The fourth-order valence-electron chi connectivity index (χ4n) is 2.15. The highest BCUT2D eigenvalue weighted by Crippen LogP contribution is 2.25. The Morgan fingerprint density at radius 2 is 1.88 bits per heavy atom. The molecule has 0 fully saturated rings. The SMILES string of the molecule is C[C@@H](Sc1ncc(-c2ccccc2)[nH]1)C(=O)Nc1ccccc1F. The van der Waals surface area contributed by atoms with E-state index in [4.69, 9.17) is 0 Å². The Bertz CT molecular complexity index is 835. The molecule has 1 amide bonds. The number of halogens is 1. The average molecular weight is 341 g/mol. The predicted octanol–water partition coefficient (Wildman–Crippen LogP) is 4.34. The van der Waals surface area contributed by atoms with Crippen LogP contribution >= 0.6 is 11.8 Å². The number of anilines is 1. The lowest BCUT2D eigenvalue weighted by Crippen LogP contribution is -2.23. The largest absolute Gasteiger partial charge is 0.333 e. The van der Waals surface area contributed by atoms with Gasteiger partial charge in [0, 0.05) is 0 Å². The van der Waals surface area contributed by atoms with Crippen molar-refractivity contribution in [2.75, 3.05) is 5.32 Å². The van der Waals surface area contributed by atoms with Gasteiger partial charge < -0.3 is 10.3 Å². The number of imidazole rings is 1. The van der Waals surface area contributed by atoms with E-state index in [2.05, 4.69) is 15.3 Å². The van der Waals surface area contributed by atoms with Crippen molar-refractivity contribution in [3.63, 3.8) is 0 Å². The van der Waals surface area contributed by atoms with Gasteiger partial charge in [-0.25, -0.2) is 9.37 Å². The number of amides is 1. The molecule has 0 unspecified atom stereocenters. The topological polar surface area (TPSA) is 57.8 Å². The number of carbonyl (C=O) groups excluding carboxylic acids is 1. The fraction of sp³-hybridized carbons (Fsp3) is 0.111. The number of benzene rings is 2. The number of nitrogens with zero attached hydrogens (tertiary/aromatic N) is 1. The molecular formula is C18H16FN3OS. The van der Waals surface area contributed by atoms with E-state index in [9.17, 15) is 9.18 Å². The zero-order chi connectivity index (χ0) is 16.9. The number of nitrogens with one attached hydrogen (secondary N) is 2. The summed E-state index contributed by atoms with van der Waals surface area (Å²) in [5.41, 5.74) is 2.10. The van der Waals surface area contributed by atoms with Gasteiger partial charge in [0.2, 0.25) is 5.91 Å². The van der Waals surface area contributed by atoms with Gasteiger partial charge in [0.1, 0.15) is 5.82 Å². The van der Waals surface area contributed by atoms with Gasteiger partial charge in [-0.2, -0.15) is 0 Å². The van der Waals surface area contributed by atoms with Crippen LogP contribution in [0, 0.1) is 5.82 Å². The Balaban J connectivity index is 1.65. The standard InChI is InChI=1S/C18H16FN3OS/c1-12(17(23)21-15-10-6-5-9-14(15)19)24-18-20-11-16(22-18)13-7-3-2-4-8-13/h2-12H,1H3,(H,20,22)(H,21,23)/t12-/m1/s1.